The van der Waals surface area contributed by atoms with Crippen molar-refractivity contribution in [2.75, 3.05) is 31.5 Å². The van der Waals surface area contributed by atoms with Crippen LogP contribution in [0.3, 0.4) is 0 Å². The van der Waals surface area contributed by atoms with Crippen LogP contribution in [0, 0.1) is 11.7 Å². The van der Waals surface area contributed by atoms with Gasteiger partial charge >= 0.3 is 0 Å². The molecular weight excluding hydrogens is 469 g/mol. The maximum Gasteiger partial charge on any atom is 0.255 e. The van der Waals surface area contributed by atoms with E-state index in [2.05, 4.69) is 5.32 Å². The molecule has 2 aromatic carbocycles. The third kappa shape index (κ3) is 4.81. The van der Waals surface area contributed by atoms with E-state index in [4.69, 9.17) is 0 Å². The molecule has 0 saturated carbocycles. The summed E-state index contributed by atoms with van der Waals surface area (Å²) in [4.78, 5) is 12.3. The predicted octanol–water partition coefficient (Wildman–Crippen LogP) is 2.89. The van der Waals surface area contributed by atoms with Crippen LogP contribution in [0.5, 0.6) is 0 Å². The molecule has 2 saturated heterocycles. The van der Waals surface area contributed by atoms with Gasteiger partial charge in [-0.2, -0.15) is 8.61 Å². The minimum atomic E-state index is -3.99. The van der Waals surface area contributed by atoms with E-state index in [0.717, 1.165) is 29.3 Å². The number of rotatable bonds is 6. The van der Waals surface area contributed by atoms with Gasteiger partial charge in [0.15, 0.2) is 0 Å². The minimum absolute atomic E-state index is 0.0190. The Kier molecular flexibility index (Phi) is 6.59. The SMILES string of the molecule is C[C@@H]1CCCN(S(=O)(=O)c2ccc(NC(=O)c3ccc(F)c(S(=O)(=O)N4CCC4)c3)cc2)C1. The Balaban J connectivity index is 1.50. The molecule has 8 nitrogen and oxygen atoms in total. The van der Waals surface area contributed by atoms with Gasteiger partial charge in [-0.05, 0) is 67.6 Å². The van der Waals surface area contributed by atoms with Crippen LogP contribution < -0.4 is 5.32 Å². The first-order chi connectivity index (χ1) is 15.6. The molecule has 2 fully saturated rings. The second-order valence-corrected chi connectivity index (χ2v) is 12.3. The number of carbonyl (C=O) groups is 1. The van der Waals surface area contributed by atoms with E-state index >= 15 is 0 Å². The fourth-order valence-electron chi connectivity index (χ4n) is 3.94. The zero-order valence-corrected chi connectivity index (χ0v) is 19.8. The molecule has 4 rings (SSSR count). The van der Waals surface area contributed by atoms with E-state index in [9.17, 15) is 26.0 Å². The molecular formula is C22H26FN3O5S2. The first-order valence-corrected chi connectivity index (χ1v) is 13.7. The van der Waals surface area contributed by atoms with E-state index < -0.39 is 36.7 Å². The van der Waals surface area contributed by atoms with Crippen LogP contribution in [-0.4, -0.2) is 57.5 Å². The number of halogens is 1. The van der Waals surface area contributed by atoms with Crippen LogP contribution in [-0.2, 0) is 20.0 Å². The Morgan fingerprint density at radius 3 is 2.21 bits per heavy atom. The van der Waals surface area contributed by atoms with E-state index in [1.54, 1.807) is 0 Å². The Labute approximate surface area is 193 Å². The summed E-state index contributed by atoms with van der Waals surface area (Å²) in [5.74, 6) is -1.24. The summed E-state index contributed by atoms with van der Waals surface area (Å²) in [6, 6.07) is 8.98. The molecule has 1 atom stereocenters. The van der Waals surface area contributed by atoms with Gasteiger partial charge in [-0.25, -0.2) is 21.2 Å². The number of nitrogens with zero attached hydrogens (tertiary/aromatic N) is 2. The van der Waals surface area contributed by atoms with Crippen LogP contribution in [0.4, 0.5) is 10.1 Å². The molecule has 2 aliphatic heterocycles. The number of carbonyl (C=O) groups excluding carboxylic acids is 1. The summed E-state index contributed by atoms with van der Waals surface area (Å²) in [6.45, 7) is 3.63. The molecule has 0 bridgehead atoms. The summed E-state index contributed by atoms with van der Waals surface area (Å²) in [5, 5.41) is 2.60. The highest BCUT2D eigenvalue weighted by molar-refractivity contribution is 7.89. The molecule has 0 unspecified atom stereocenters. The van der Waals surface area contributed by atoms with Crippen molar-refractivity contribution in [3.63, 3.8) is 0 Å². The minimum Gasteiger partial charge on any atom is -0.322 e. The van der Waals surface area contributed by atoms with Crippen molar-refractivity contribution < 1.29 is 26.0 Å². The standard InChI is InChI=1S/C22H26FN3O5S2/c1-16-4-2-11-26(15-16)32(28,29)19-8-6-18(7-9-19)24-22(27)17-5-10-20(23)21(14-17)33(30,31)25-12-3-13-25/h5-10,14,16H,2-4,11-13,15H2,1H3,(H,24,27)/t16-/m1/s1. The first kappa shape index (κ1) is 23.8. The largest absolute Gasteiger partial charge is 0.322 e. The maximum atomic E-state index is 14.2. The Hall–Kier alpha value is -2.34. The molecule has 0 radical (unpaired) electrons. The number of piperidine rings is 1. The normalized spacial score (nSPS) is 20.2. The van der Waals surface area contributed by atoms with Gasteiger partial charge in [0, 0.05) is 37.4 Å². The van der Waals surface area contributed by atoms with Crippen LogP contribution in [0.25, 0.3) is 0 Å². The van der Waals surface area contributed by atoms with Crippen molar-refractivity contribution in [1.29, 1.82) is 0 Å². The average Bonchev–Trinajstić information content (AvgIpc) is 2.72. The van der Waals surface area contributed by atoms with Crippen molar-refractivity contribution in [3.8, 4) is 0 Å². The van der Waals surface area contributed by atoms with Crippen molar-refractivity contribution >= 4 is 31.6 Å². The highest BCUT2D eigenvalue weighted by Gasteiger charge is 2.32. The highest BCUT2D eigenvalue weighted by Crippen LogP contribution is 2.26. The second-order valence-electron chi connectivity index (χ2n) is 8.49. The maximum absolute atomic E-state index is 14.2. The number of amides is 1. The highest BCUT2D eigenvalue weighted by atomic mass is 32.2. The van der Waals surface area contributed by atoms with Gasteiger partial charge in [0.2, 0.25) is 20.0 Å². The van der Waals surface area contributed by atoms with Gasteiger partial charge in [0.25, 0.3) is 5.91 Å². The molecule has 11 heteroatoms. The van der Waals surface area contributed by atoms with Gasteiger partial charge in [-0.1, -0.05) is 6.92 Å². The summed E-state index contributed by atoms with van der Waals surface area (Å²) in [7, 11) is -7.61. The zero-order valence-electron chi connectivity index (χ0n) is 18.2. The van der Waals surface area contributed by atoms with Gasteiger partial charge < -0.3 is 5.32 Å². The topological polar surface area (TPSA) is 104 Å². The molecule has 178 valence electrons. The lowest BCUT2D eigenvalue weighted by molar-refractivity contribution is 0.102. The Bertz CT molecular complexity index is 1260. The second kappa shape index (κ2) is 9.13. The lowest BCUT2D eigenvalue weighted by Gasteiger charge is -2.30. The molecule has 33 heavy (non-hydrogen) atoms. The quantitative estimate of drug-likeness (QED) is 0.664. The number of anilines is 1. The number of nitrogens with one attached hydrogen (secondary N) is 1. The number of sulfonamides is 2. The smallest absolute Gasteiger partial charge is 0.255 e. The van der Waals surface area contributed by atoms with Crippen LogP contribution in [0.1, 0.15) is 36.5 Å². The number of hydrogen-bond acceptors (Lipinski definition) is 5. The number of benzene rings is 2. The lowest BCUT2D eigenvalue weighted by atomic mass is 10.0. The summed E-state index contributed by atoms with van der Waals surface area (Å²) in [5.41, 5.74) is 0.317. The summed E-state index contributed by atoms with van der Waals surface area (Å²) >= 11 is 0. The fraction of sp³-hybridized carbons (Fsp3) is 0.409. The molecule has 2 aliphatic rings. The zero-order chi connectivity index (χ0) is 23.8. The summed E-state index contributed by atoms with van der Waals surface area (Å²) in [6.07, 6.45) is 2.53. The third-order valence-electron chi connectivity index (χ3n) is 6.00. The van der Waals surface area contributed by atoms with Crippen LogP contribution in [0.15, 0.2) is 52.3 Å². The van der Waals surface area contributed by atoms with E-state index in [-0.39, 0.29) is 10.5 Å². The van der Waals surface area contributed by atoms with E-state index in [0.29, 0.717) is 44.2 Å². The van der Waals surface area contributed by atoms with Crippen molar-refractivity contribution in [1.82, 2.24) is 8.61 Å². The molecule has 2 heterocycles. The molecule has 0 spiro atoms. The van der Waals surface area contributed by atoms with Gasteiger partial charge in [-0.3, -0.25) is 4.79 Å². The van der Waals surface area contributed by atoms with Crippen molar-refractivity contribution in [3.05, 3.63) is 53.8 Å². The third-order valence-corrected chi connectivity index (χ3v) is 9.79. The monoisotopic (exact) mass is 495 g/mol. The lowest BCUT2D eigenvalue weighted by Crippen LogP contribution is -2.42. The molecule has 0 aliphatic carbocycles. The van der Waals surface area contributed by atoms with Crippen LogP contribution >= 0.6 is 0 Å². The van der Waals surface area contributed by atoms with Gasteiger partial charge in [0.05, 0.1) is 4.90 Å². The molecule has 2 aromatic rings. The fourth-order valence-corrected chi connectivity index (χ4v) is 7.14. The Morgan fingerprint density at radius 1 is 0.939 bits per heavy atom. The number of hydrogen-bond donors (Lipinski definition) is 1. The molecule has 1 amide bonds. The van der Waals surface area contributed by atoms with E-state index in [1.165, 1.54) is 34.6 Å². The Morgan fingerprint density at radius 2 is 1.61 bits per heavy atom. The summed E-state index contributed by atoms with van der Waals surface area (Å²) < 4.78 is 67.7. The van der Waals surface area contributed by atoms with Crippen LogP contribution in [0.2, 0.25) is 0 Å². The van der Waals surface area contributed by atoms with Crippen molar-refractivity contribution in [2.45, 2.75) is 36.0 Å². The molecule has 1 N–H and O–H groups in total. The molecule has 0 aromatic heterocycles. The van der Waals surface area contributed by atoms with Gasteiger partial charge in [0.1, 0.15) is 10.7 Å². The van der Waals surface area contributed by atoms with E-state index in [1.807, 2.05) is 6.92 Å². The first-order valence-electron chi connectivity index (χ1n) is 10.8. The predicted molar refractivity (Wildman–Crippen MR) is 121 cm³/mol. The van der Waals surface area contributed by atoms with Gasteiger partial charge in [-0.15, -0.1) is 0 Å². The van der Waals surface area contributed by atoms with Crippen molar-refractivity contribution in [2.24, 2.45) is 5.92 Å². The average molecular weight is 496 g/mol.